The van der Waals surface area contributed by atoms with Crippen molar-refractivity contribution in [3.63, 3.8) is 0 Å². The molecule has 3 N–H and O–H groups in total. The van der Waals surface area contributed by atoms with Crippen molar-refractivity contribution in [1.82, 2.24) is 10.2 Å². The standard InChI is InChI=1S/C12H13F4N3O2/c1-19(5-10(20)18-6-12(14,15)16)11(21)8-4-7(13)2-3-9(8)17/h2-4H,5-6,17H2,1H3,(H,18,20). The first-order valence-electron chi connectivity index (χ1n) is 5.74. The largest absolute Gasteiger partial charge is 0.405 e. The molecule has 0 unspecified atom stereocenters. The van der Waals surface area contributed by atoms with Gasteiger partial charge in [-0.05, 0) is 18.2 Å². The lowest BCUT2D eigenvalue weighted by Crippen LogP contribution is -2.41. The third-order valence-corrected chi connectivity index (χ3v) is 2.46. The fourth-order valence-electron chi connectivity index (χ4n) is 1.46. The van der Waals surface area contributed by atoms with E-state index in [9.17, 15) is 27.2 Å². The van der Waals surface area contributed by atoms with E-state index in [4.69, 9.17) is 5.73 Å². The Morgan fingerprint density at radius 3 is 2.52 bits per heavy atom. The molecule has 1 rings (SSSR count). The molecule has 0 radical (unpaired) electrons. The molecule has 0 aromatic heterocycles. The summed E-state index contributed by atoms with van der Waals surface area (Å²) in [5.74, 6) is -2.45. The van der Waals surface area contributed by atoms with Crippen molar-refractivity contribution in [2.24, 2.45) is 0 Å². The third-order valence-electron chi connectivity index (χ3n) is 2.46. The Labute approximate surface area is 117 Å². The molecule has 0 spiro atoms. The molecule has 0 aliphatic heterocycles. The van der Waals surface area contributed by atoms with E-state index in [-0.39, 0.29) is 11.3 Å². The molecule has 0 heterocycles. The summed E-state index contributed by atoms with van der Waals surface area (Å²) >= 11 is 0. The maximum Gasteiger partial charge on any atom is 0.405 e. The number of nitrogens with one attached hydrogen (secondary N) is 1. The zero-order chi connectivity index (χ0) is 16.2. The number of alkyl halides is 3. The van der Waals surface area contributed by atoms with Crippen LogP contribution in [0.15, 0.2) is 18.2 Å². The van der Waals surface area contributed by atoms with Gasteiger partial charge in [0, 0.05) is 12.7 Å². The number of hydrogen-bond donors (Lipinski definition) is 2. The first kappa shape index (κ1) is 16.7. The second-order valence-corrected chi connectivity index (χ2v) is 4.28. The van der Waals surface area contributed by atoms with Crippen LogP contribution in [0.25, 0.3) is 0 Å². The van der Waals surface area contributed by atoms with E-state index >= 15 is 0 Å². The average Bonchev–Trinajstić information content (AvgIpc) is 2.37. The number of rotatable bonds is 4. The molecule has 21 heavy (non-hydrogen) atoms. The van der Waals surface area contributed by atoms with Crippen LogP contribution in [0.5, 0.6) is 0 Å². The van der Waals surface area contributed by atoms with Gasteiger partial charge < -0.3 is 16.0 Å². The van der Waals surface area contributed by atoms with E-state index < -0.39 is 36.9 Å². The van der Waals surface area contributed by atoms with E-state index in [1.165, 1.54) is 13.1 Å². The summed E-state index contributed by atoms with van der Waals surface area (Å²) in [7, 11) is 1.19. The Hall–Kier alpha value is -2.32. The Balaban J connectivity index is 2.66. The lowest BCUT2D eigenvalue weighted by molar-refractivity contribution is -0.138. The lowest BCUT2D eigenvalue weighted by Gasteiger charge is -2.18. The molecular formula is C12H13F4N3O2. The number of amides is 2. The lowest BCUT2D eigenvalue weighted by atomic mass is 10.1. The minimum absolute atomic E-state index is 0.00366. The van der Waals surface area contributed by atoms with E-state index in [1.807, 2.05) is 0 Å². The van der Waals surface area contributed by atoms with E-state index in [0.29, 0.717) is 0 Å². The highest BCUT2D eigenvalue weighted by molar-refractivity contribution is 6.00. The zero-order valence-electron chi connectivity index (χ0n) is 11.0. The summed E-state index contributed by atoms with van der Waals surface area (Å²) in [6.07, 6.45) is -4.54. The van der Waals surface area contributed by atoms with Crippen LogP contribution in [-0.2, 0) is 4.79 Å². The Kier molecular flexibility index (Phi) is 5.12. The number of nitrogens with zero attached hydrogens (tertiary/aromatic N) is 1. The van der Waals surface area contributed by atoms with Gasteiger partial charge >= 0.3 is 6.18 Å². The first-order valence-corrected chi connectivity index (χ1v) is 5.74. The second-order valence-electron chi connectivity index (χ2n) is 4.28. The van der Waals surface area contributed by atoms with E-state index in [0.717, 1.165) is 17.0 Å². The van der Waals surface area contributed by atoms with Crippen LogP contribution in [-0.4, -0.2) is 43.0 Å². The summed E-state index contributed by atoms with van der Waals surface area (Å²) in [4.78, 5) is 24.1. The van der Waals surface area contributed by atoms with Gasteiger partial charge in [0.15, 0.2) is 0 Å². The topological polar surface area (TPSA) is 75.4 Å². The number of nitrogens with two attached hydrogens (primary N) is 1. The third kappa shape index (κ3) is 5.28. The van der Waals surface area contributed by atoms with Crippen molar-refractivity contribution < 1.29 is 27.2 Å². The van der Waals surface area contributed by atoms with Crippen molar-refractivity contribution in [1.29, 1.82) is 0 Å². The molecule has 5 nitrogen and oxygen atoms in total. The summed E-state index contributed by atoms with van der Waals surface area (Å²) in [5.41, 5.74) is 5.35. The van der Waals surface area contributed by atoms with Crippen molar-refractivity contribution in [3.05, 3.63) is 29.6 Å². The van der Waals surface area contributed by atoms with Gasteiger partial charge in [-0.2, -0.15) is 13.2 Å². The molecule has 0 fully saturated rings. The minimum atomic E-state index is -4.54. The molecular weight excluding hydrogens is 294 g/mol. The van der Waals surface area contributed by atoms with Crippen molar-refractivity contribution in [2.45, 2.75) is 6.18 Å². The number of halogens is 4. The van der Waals surface area contributed by atoms with Gasteiger partial charge in [0.1, 0.15) is 12.4 Å². The molecule has 0 bridgehead atoms. The highest BCUT2D eigenvalue weighted by Crippen LogP contribution is 2.15. The van der Waals surface area contributed by atoms with Gasteiger partial charge in [0.05, 0.1) is 12.1 Å². The van der Waals surface area contributed by atoms with Crippen LogP contribution >= 0.6 is 0 Å². The summed E-state index contributed by atoms with van der Waals surface area (Å²) in [5, 5.41) is 1.62. The number of carbonyl (C=O) groups is 2. The summed E-state index contributed by atoms with van der Waals surface area (Å²) in [6.45, 7) is -2.10. The van der Waals surface area contributed by atoms with E-state index in [2.05, 4.69) is 0 Å². The molecule has 0 saturated heterocycles. The van der Waals surface area contributed by atoms with Crippen LogP contribution in [0, 0.1) is 5.82 Å². The Bertz CT molecular complexity index is 546. The van der Waals surface area contributed by atoms with Crippen LogP contribution in [0.3, 0.4) is 0 Å². The zero-order valence-corrected chi connectivity index (χ0v) is 11.0. The quantitative estimate of drug-likeness (QED) is 0.647. The molecule has 0 saturated carbocycles. The van der Waals surface area contributed by atoms with Gasteiger partial charge in [-0.15, -0.1) is 0 Å². The summed E-state index contributed by atoms with van der Waals surface area (Å²) in [6, 6.07) is 3.13. The highest BCUT2D eigenvalue weighted by Gasteiger charge is 2.28. The van der Waals surface area contributed by atoms with Gasteiger partial charge in [0.2, 0.25) is 5.91 Å². The molecule has 1 aromatic rings. The van der Waals surface area contributed by atoms with Gasteiger partial charge in [0.25, 0.3) is 5.91 Å². The van der Waals surface area contributed by atoms with Crippen LogP contribution in [0.1, 0.15) is 10.4 Å². The second kappa shape index (κ2) is 6.42. The smallest absolute Gasteiger partial charge is 0.398 e. The van der Waals surface area contributed by atoms with Gasteiger partial charge in [-0.3, -0.25) is 9.59 Å². The highest BCUT2D eigenvalue weighted by atomic mass is 19.4. The number of benzene rings is 1. The fourth-order valence-corrected chi connectivity index (χ4v) is 1.46. The van der Waals surface area contributed by atoms with Crippen molar-refractivity contribution in [2.75, 3.05) is 25.9 Å². The molecule has 0 aliphatic rings. The summed E-state index contributed by atoms with van der Waals surface area (Å²) < 4.78 is 48.8. The van der Waals surface area contributed by atoms with E-state index in [1.54, 1.807) is 5.32 Å². The molecule has 0 atom stereocenters. The number of hydrogen-bond acceptors (Lipinski definition) is 3. The van der Waals surface area contributed by atoms with Crippen molar-refractivity contribution in [3.8, 4) is 0 Å². The van der Waals surface area contributed by atoms with Gasteiger partial charge in [-0.25, -0.2) is 4.39 Å². The number of likely N-dealkylation sites (N-methyl/N-ethyl adjacent to an activating group) is 1. The normalized spacial score (nSPS) is 11.1. The fraction of sp³-hybridized carbons (Fsp3) is 0.333. The Morgan fingerprint density at radius 2 is 1.95 bits per heavy atom. The molecule has 9 heteroatoms. The van der Waals surface area contributed by atoms with Crippen LogP contribution in [0.2, 0.25) is 0 Å². The maximum atomic E-state index is 13.1. The first-order chi connectivity index (χ1) is 9.60. The van der Waals surface area contributed by atoms with Crippen molar-refractivity contribution >= 4 is 17.5 Å². The molecule has 116 valence electrons. The average molecular weight is 307 g/mol. The monoisotopic (exact) mass is 307 g/mol. The molecule has 2 amide bonds. The molecule has 1 aromatic carbocycles. The maximum absolute atomic E-state index is 13.1. The number of anilines is 1. The number of nitrogen functional groups attached to an aromatic ring is 1. The predicted octanol–water partition coefficient (Wildman–Crippen LogP) is 1.16. The van der Waals surface area contributed by atoms with Gasteiger partial charge in [-0.1, -0.05) is 0 Å². The SMILES string of the molecule is CN(CC(=O)NCC(F)(F)F)C(=O)c1cc(F)ccc1N. The Morgan fingerprint density at radius 1 is 1.33 bits per heavy atom. The van der Waals surface area contributed by atoms with Crippen LogP contribution < -0.4 is 11.1 Å². The number of carbonyl (C=O) groups excluding carboxylic acids is 2. The van der Waals surface area contributed by atoms with Crippen LogP contribution in [0.4, 0.5) is 23.2 Å². The minimum Gasteiger partial charge on any atom is -0.398 e. The predicted molar refractivity (Wildman–Crippen MR) is 66.8 cm³/mol. The molecule has 0 aliphatic carbocycles.